The highest BCUT2D eigenvalue weighted by molar-refractivity contribution is 6.40. The maximum Gasteiger partial charge on any atom is 0.407 e. The van der Waals surface area contributed by atoms with E-state index in [1.54, 1.807) is 30.3 Å². The number of hydrogen-bond donors (Lipinski definition) is 1. The van der Waals surface area contributed by atoms with Crippen LogP contribution in [0.2, 0.25) is 0 Å². The number of alkyl carbamates (subject to hydrolysis) is 1. The van der Waals surface area contributed by atoms with Gasteiger partial charge in [-0.1, -0.05) is 78.9 Å². The summed E-state index contributed by atoms with van der Waals surface area (Å²) in [5, 5.41) is 2.80. The minimum absolute atomic E-state index is 0.00922. The van der Waals surface area contributed by atoms with Crippen molar-refractivity contribution in [1.29, 1.82) is 0 Å². The van der Waals surface area contributed by atoms with Crippen LogP contribution < -0.4 is 5.32 Å². The average molecular weight is 870 g/mol. The van der Waals surface area contributed by atoms with Gasteiger partial charge >= 0.3 is 12.1 Å². The summed E-state index contributed by atoms with van der Waals surface area (Å²) in [6.45, 7) is 9.50. The predicted octanol–water partition coefficient (Wildman–Crippen LogP) is 4.51. The molecule has 1 aliphatic carbocycles. The van der Waals surface area contributed by atoms with Crippen molar-refractivity contribution in [1.82, 2.24) is 5.32 Å². The summed E-state index contributed by atoms with van der Waals surface area (Å²) in [5.41, 5.74) is 5.07. The molecule has 0 bridgehead atoms. The SMILES string of the molecule is O=C(NCCCOCCOCCOCCOCCOCCOCCOCCOCCOCCOCCOC(=O)C(=O)c1ccccc1)OCC1c2ccccc2-c2ccccc21. The van der Waals surface area contributed by atoms with Gasteiger partial charge in [0, 0.05) is 24.6 Å². The van der Waals surface area contributed by atoms with E-state index in [2.05, 4.69) is 29.6 Å². The lowest BCUT2D eigenvalue weighted by molar-refractivity contribution is -0.139. The lowest BCUT2D eigenvalue weighted by atomic mass is 9.98. The third-order valence-electron chi connectivity index (χ3n) is 9.11. The number of rotatable bonds is 38. The van der Waals surface area contributed by atoms with Crippen LogP contribution in [-0.4, -0.2) is 170 Å². The van der Waals surface area contributed by atoms with Crippen LogP contribution in [-0.2, 0) is 61.6 Å². The molecule has 1 amide bonds. The molecule has 1 aliphatic rings. The molecule has 0 unspecified atom stereocenters. The lowest BCUT2D eigenvalue weighted by Crippen LogP contribution is -2.27. The molecule has 0 aromatic heterocycles. The highest BCUT2D eigenvalue weighted by Crippen LogP contribution is 2.44. The zero-order chi connectivity index (χ0) is 43.6. The molecule has 0 fully saturated rings. The number of amides is 1. The van der Waals surface area contributed by atoms with Crippen LogP contribution >= 0.6 is 0 Å². The summed E-state index contributed by atoms with van der Waals surface area (Å²) in [6, 6.07) is 24.8. The summed E-state index contributed by atoms with van der Waals surface area (Å²) in [7, 11) is 0. The molecule has 16 nitrogen and oxygen atoms in total. The number of nitrogens with one attached hydrogen (secondary N) is 1. The number of hydrogen-bond acceptors (Lipinski definition) is 15. The summed E-state index contributed by atoms with van der Waals surface area (Å²) in [5.74, 6) is -1.54. The van der Waals surface area contributed by atoms with Gasteiger partial charge in [0.05, 0.1) is 126 Å². The number of esters is 1. The highest BCUT2D eigenvalue weighted by Gasteiger charge is 2.29. The zero-order valence-electron chi connectivity index (χ0n) is 35.7. The Morgan fingerprint density at radius 1 is 0.403 bits per heavy atom. The van der Waals surface area contributed by atoms with Crippen LogP contribution in [0.25, 0.3) is 11.1 Å². The van der Waals surface area contributed by atoms with E-state index >= 15 is 0 Å². The second-order valence-corrected chi connectivity index (χ2v) is 13.6. The molecule has 62 heavy (non-hydrogen) atoms. The molecular formula is C46H63NO15. The first-order valence-corrected chi connectivity index (χ1v) is 21.3. The molecule has 4 rings (SSSR count). The number of ether oxygens (including phenoxy) is 12. The summed E-state index contributed by atoms with van der Waals surface area (Å²) in [6.07, 6.45) is 0.252. The number of ketones is 1. The maximum atomic E-state index is 12.3. The van der Waals surface area contributed by atoms with Crippen LogP contribution in [0.5, 0.6) is 0 Å². The average Bonchev–Trinajstić information content (AvgIpc) is 3.62. The first-order valence-electron chi connectivity index (χ1n) is 21.3. The third-order valence-corrected chi connectivity index (χ3v) is 9.11. The first-order chi connectivity index (χ1) is 30.6. The Labute approximate surface area is 364 Å². The van der Waals surface area contributed by atoms with Crippen LogP contribution in [0.3, 0.4) is 0 Å². The van der Waals surface area contributed by atoms with E-state index in [4.69, 9.17) is 56.8 Å². The van der Waals surface area contributed by atoms with Crippen LogP contribution in [0.15, 0.2) is 78.9 Å². The van der Waals surface area contributed by atoms with Crippen molar-refractivity contribution in [2.75, 3.05) is 152 Å². The molecule has 0 spiro atoms. The van der Waals surface area contributed by atoms with Crippen molar-refractivity contribution in [2.45, 2.75) is 12.3 Å². The van der Waals surface area contributed by atoms with Gasteiger partial charge in [-0.25, -0.2) is 9.59 Å². The molecule has 0 saturated heterocycles. The number of fused-ring (bicyclic) bond motifs is 3. The monoisotopic (exact) mass is 869 g/mol. The molecule has 3 aromatic carbocycles. The number of carbonyl (C=O) groups is 3. The fourth-order valence-corrected chi connectivity index (χ4v) is 6.06. The first kappa shape index (κ1) is 50.3. The molecule has 1 N–H and O–H groups in total. The van der Waals surface area contributed by atoms with Gasteiger partial charge in [-0.3, -0.25) is 4.79 Å². The Morgan fingerprint density at radius 2 is 0.758 bits per heavy atom. The molecule has 342 valence electrons. The third kappa shape index (κ3) is 21.2. The summed E-state index contributed by atoms with van der Waals surface area (Å²) >= 11 is 0. The van der Waals surface area contributed by atoms with Gasteiger partial charge in [0.25, 0.3) is 5.78 Å². The quantitative estimate of drug-likeness (QED) is 0.0369. The van der Waals surface area contributed by atoms with E-state index in [0.717, 1.165) is 0 Å². The molecule has 0 aliphatic heterocycles. The summed E-state index contributed by atoms with van der Waals surface area (Å²) in [4.78, 5) is 36.0. The van der Waals surface area contributed by atoms with Crippen molar-refractivity contribution in [3.8, 4) is 11.1 Å². The number of carbonyl (C=O) groups excluding carboxylic acids is 3. The smallest absolute Gasteiger partial charge is 0.407 e. The molecule has 0 atom stereocenters. The van der Waals surface area contributed by atoms with Crippen LogP contribution in [0.1, 0.15) is 33.8 Å². The molecular weight excluding hydrogens is 806 g/mol. The number of Topliss-reactive ketones (excluding diaryl/α,β-unsaturated/α-hetero) is 1. The van der Waals surface area contributed by atoms with Gasteiger partial charge in [-0.05, 0) is 28.7 Å². The van der Waals surface area contributed by atoms with Gasteiger partial charge in [-0.15, -0.1) is 0 Å². The van der Waals surface area contributed by atoms with E-state index < -0.39 is 17.8 Å². The van der Waals surface area contributed by atoms with Crippen molar-refractivity contribution in [3.63, 3.8) is 0 Å². The van der Waals surface area contributed by atoms with E-state index in [1.807, 2.05) is 24.3 Å². The predicted molar refractivity (Wildman–Crippen MR) is 228 cm³/mol. The van der Waals surface area contributed by atoms with Crippen molar-refractivity contribution >= 4 is 17.8 Å². The van der Waals surface area contributed by atoms with Crippen molar-refractivity contribution in [2.24, 2.45) is 0 Å². The molecule has 16 heteroatoms. The summed E-state index contributed by atoms with van der Waals surface area (Å²) < 4.78 is 65.3. The highest BCUT2D eigenvalue weighted by atomic mass is 16.6. The second-order valence-electron chi connectivity index (χ2n) is 13.6. The Balaban J connectivity index is 0.771. The van der Waals surface area contributed by atoms with E-state index in [0.29, 0.717) is 151 Å². The largest absolute Gasteiger partial charge is 0.457 e. The van der Waals surface area contributed by atoms with Gasteiger partial charge in [-0.2, -0.15) is 0 Å². The fraction of sp³-hybridized carbons (Fsp3) is 0.543. The van der Waals surface area contributed by atoms with Gasteiger partial charge in [0.2, 0.25) is 0 Å². The van der Waals surface area contributed by atoms with E-state index in [1.165, 1.54) is 22.3 Å². The topological polar surface area (TPSA) is 174 Å². The minimum Gasteiger partial charge on any atom is -0.457 e. The van der Waals surface area contributed by atoms with Crippen LogP contribution in [0.4, 0.5) is 4.79 Å². The normalized spacial score (nSPS) is 11.9. The molecule has 0 radical (unpaired) electrons. The van der Waals surface area contributed by atoms with E-state index in [-0.39, 0.29) is 19.1 Å². The standard InChI is InChI=1S/C46H63NO15/c48-44(38-9-2-1-3-10-38)45(49)61-36-35-60-34-33-59-32-31-58-30-29-57-28-27-56-26-25-55-24-23-54-22-21-53-20-19-52-18-17-51-16-8-15-47-46(50)62-37-43-41-13-6-4-11-39(41)40-12-5-7-14-42(40)43/h1-7,9-14,43H,8,15-37H2,(H,47,50). The maximum absolute atomic E-state index is 12.3. The van der Waals surface area contributed by atoms with Gasteiger partial charge < -0.3 is 62.2 Å². The molecule has 0 saturated carbocycles. The Hall–Kier alpha value is -4.33. The fourth-order valence-electron chi connectivity index (χ4n) is 6.06. The van der Waals surface area contributed by atoms with Crippen molar-refractivity contribution < 1.29 is 71.2 Å². The minimum atomic E-state index is -0.902. The Morgan fingerprint density at radius 3 is 1.18 bits per heavy atom. The number of benzene rings is 3. The van der Waals surface area contributed by atoms with Crippen LogP contribution in [0, 0.1) is 0 Å². The van der Waals surface area contributed by atoms with Crippen molar-refractivity contribution in [3.05, 3.63) is 95.6 Å². The molecule has 0 heterocycles. The van der Waals surface area contributed by atoms with E-state index in [9.17, 15) is 14.4 Å². The zero-order valence-corrected chi connectivity index (χ0v) is 35.7. The Bertz CT molecular complexity index is 1600. The Kier molecular flexibility index (Phi) is 27.0. The van der Waals surface area contributed by atoms with Gasteiger partial charge in [0.1, 0.15) is 13.2 Å². The lowest BCUT2D eigenvalue weighted by Gasteiger charge is -2.14. The van der Waals surface area contributed by atoms with Gasteiger partial charge in [0.15, 0.2) is 0 Å². The molecule has 3 aromatic rings. The second kappa shape index (κ2) is 33.3.